The second kappa shape index (κ2) is 6.98. The molecule has 2 aromatic carbocycles. The third kappa shape index (κ3) is 3.36. The molecule has 1 aromatic heterocycles. The number of rotatable bonds is 4. The lowest BCUT2D eigenvalue weighted by molar-refractivity contribution is 0.0530. The highest BCUT2D eigenvalue weighted by molar-refractivity contribution is 7.23. The van der Waals surface area contributed by atoms with Crippen LogP contribution >= 0.6 is 11.3 Å². The number of amides is 1. The van der Waals surface area contributed by atoms with Crippen molar-refractivity contribution in [2.24, 2.45) is 0 Å². The summed E-state index contributed by atoms with van der Waals surface area (Å²) in [6.07, 6.45) is 0. The number of ether oxygens (including phenoxy) is 1. The predicted molar refractivity (Wildman–Crippen MR) is 92.1 cm³/mol. The summed E-state index contributed by atoms with van der Waals surface area (Å²) in [5.74, 6) is -3.09. The van der Waals surface area contributed by atoms with Gasteiger partial charge in [-0.15, -0.1) is 11.3 Å². The highest BCUT2D eigenvalue weighted by Gasteiger charge is 2.22. The molecule has 0 radical (unpaired) electrons. The van der Waals surface area contributed by atoms with Gasteiger partial charge in [-0.05, 0) is 25.1 Å². The van der Waals surface area contributed by atoms with Gasteiger partial charge in [0.15, 0.2) is 0 Å². The summed E-state index contributed by atoms with van der Waals surface area (Å²) >= 11 is 1.18. The van der Waals surface area contributed by atoms with Crippen LogP contribution in [0.1, 0.15) is 27.6 Å². The average Bonchev–Trinajstić information content (AvgIpc) is 2.92. The van der Waals surface area contributed by atoms with Crippen molar-refractivity contribution in [1.29, 1.82) is 0 Å². The first-order valence-corrected chi connectivity index (χ1v) is 8.28. The topological polar surface area (TPSA) is 55.4 Å². The minimum absolute atomic E-state index is 0.184. The fourth-order valence-corrected chi connectivity index (χ4v) is 3.47. The minimum atomic E-state index is -0.976. The number of carbonyl (C=O) groups is 2. The van der Waals surface area contributed by atoms with Gasteiger partial charge >= 0.3 is 5.97 Å². The van der Waals surface area contributed by atoms with E-state index in [2.05, 4.69) is 5.32 Å². The molecule has 0 bridgehead atoms. The first-order valence-electron chi connectivity index (χ1n) is 7.46. The Morgan fingerprint density at radius 3 is 2.64 bits per heavy atom. The molecule has 1 amide bonds. The van der Waals surface area contributed by atoms with E-state index in [9.17, 15) is 18.4 Å². The SMILES string of the molecule is CCOC(=O)c1c(NC(=O)c2ccc(F)cc2F)sc2ccccc12. The Bertz CT molecular complexity index is 968. The van der Waals surface area contributed by atoms with E-state index >= 15 is 0 Å². The summed E-state index contributed by atoms with van der Waals surface area (Å²) in [5, 5.41) is 3.43. The molecular weight excluding hydrogens is 348 g/mol. The predicted octanol–water partition coefficient (Wildman–Crippen LogP) is 4.61. The van der Waals surface area contributed by atoms with E-state index in [1.165, 1.54) is 11.3 Å². The molecule has 7 heteroatoms. The number of esters is 1. The quantitative estimate of drug-likeness (QED) is 0.691. The van der Waals surface area contributed by atoms with Gasteiger partial charge in [-0.1, -0.05) is 18.2 Å². The molecule has 0 spiro atoms. The summed E-state index contributed by atoms with van der Waals surface area (Å²) in [6.45, 7) is 1.86. The van der Waals surface area contributed by atoms with Gasteiger partial charge in [0.05, 0.1) is 12.2 Å². The molecule has 4 nitrogen and oxygen atoms in total. The molecule has 0 aliphatic carbocycles. The van der Waals surface area contributed by atoms with Crippen molar-refractivity contribution in [2.45, 2.75) is 6.92 Å². The molecule has 128 valence electrons. The maximum absolute atomic E-state index is 13.8. The van der Waals surface area contributed by atoms with Gasteiger partial charge in [0.25, 0.3) is 5.91 Å². The van der Waals surface area contributed by atoms with E-state index in [1.807, 2.05) is 0 Å². The summed E-state index contributed by atoms with van der Waals surface area (Å²) in [6, 6.07) is 9.80. The lowest BCUT2D eigenvalue weighted by Gasteiger charge is -2.07. The Kier molecular flexibility index (Phi) is 4.76. The zero-order valence-electron chi connectivity index (χ0n) is 13.1. The molecule has 1 N–H and O–H groups in total. The number of halogens is 2. The standard InChI is InChI=1S/C18H13F2NO3S/c1-2-24-18(23)15-12-5-3-4-6-14(12)25-17(15)21-16(22)11-8-7-10(19)9-13(11)20/h3-9H,2H2,1H3,(H,21,22). The van der Waals surface area contributed by atoms with Crippen LogP contribution in [-0.2, 0) is 4.74 Å². The van der Waals surface area contributed by atoms with Crippen molar-refractivity contribution in [3.63, 3.8) is 0 Å². The first-order chi connectivity index (χ1) is 12.0. The Labute approximate surface area is 146 Å². The minimum Gasteiger partial charge on any atom is -0.462 e. The average molecular weight is 361 g/mol. The third-order valence-corrected chi connectivity index (χ3v) is 4.56. The summed E-state index contributed by atoms with van der Waals surface area (Å²) < 4.78 is 32.6. The van der Waals surface area contributed by atoms with Crippen molar-refractivity contribution in [3.8, 4) is 0 Å². The lowest BCUT2D eigenvalue weighted by Crippen LogP contribution is -2.16. The Morgan fingerprint density at radius 2 is 1.92 bits per heavy atom. The van der Waals surface area contributed by atoms with E-state index in [4.69, 9.17) is 4.74 Å². The summed E-state index contributed by atoms with van der Waals surface area (Å²) in [7, 11) is 0. The van der Waals surface area contributed by atoms with Crippen LogP contribution in [0.4, 0.5) is 13.8 Å². The Morgan fingerprint density at radius 1 is 1.16 bits per heavy atom. The van der Waals surface area contributed by atoms with Crippen LogP contribution in [0.5, 0.6) is 0 Å². The summed E-state index contributed by atoms with van der Waals surface area (Å²) in [4.78, 5) is 24.6. The van der Waals surface area contributed by atoms with Gasteiger partial charge in [-0.2, -0.15) is 0 Å². The molecule has 25 heavy (non-hydrogen) atoms. The number of anilines is 1. The van der Waals surface area contributed by atoms with E-state index in [-0.39, 0.29) is 22.7 Å². The Balaban J connectivity index is 2.01. The van der Waals surface area contributed by atoms with E-state index in [0.717, 1.165) is 16.8 Å². The lowest BCUT2D eigenvalue weighted by atomic mass is 10.1. The van der Waals surface area contributed by atoms with Crippen molar-refractivity contribution < 1.29 is 23.1 Å². The van der Waals surface area contributed by atoms with Gasteiger partial charge in [-0.3, -0.25) is 4.79 Å². The van der Waals surface area contributed by atoms with Crippen LogP contribution in [0.2, 0.25) is 0 Å². The zero-order chi connectivity index (χ0) is 18.0. The molecule has 3 aromatic rings. The molecule has 0 aliphatic rings. The van der Waals surface area contributed by atoms with Gasteiger partial charge < -0.3 is 10.1 Å². The van der Waals surface area contributed by atoms with Gasteiger partial charge in [0.2, 0.25) is 0 Å². The maximum Gasteiger partial charge on any atom is 0.341 e. The molecule has 3 rings (SSSR count). The van der Waals surface area contributed by atoms with E-state index in [1.54, 1.807) is 31.2 Å². The zero-order valence-corrected chi connectivity index (χ0v) is 14.0. The Hall–Kier alpha value is -2.80. The van der Waals surface area contributed by atoms with Crippen molar-refractivity contribution in [2.75, 3.05) is 11.9 Å². The normalized spacial score (nSPS) is 10.7. The van der Waals surface area contributed by atoms with Crippen LogP contribution < -0.4 is 5.32 Å². The van der Waals surface area contributed by atoms with Crippen LogP contribution in [0.3, 0.4) is 0 Å². The highest BCUT2D eigenvalue weighted by Crippen LogP contribution is 2.36. The third-order valence-electron chi connectivity index (χ3n) is 3.48. The number of fused-ring (bicyclic) bond motifs is 1. The number of carbonyl (C=O) groups excluding carboxylic acids is 2. The van der Waals surface area contributed by atoms with E-state index in [0.29, 0.717) is 11.5 Å². The second-order valence-electron chi connectivity index (χ2n) is 5.10. The number of thiophene rings is 1. The van der Waals surface area contributed by atoms with E-state index < -0.39 is 23.5 Å². The maximum atomic E-state index is 13.8. The van der Waals surface area contributed by atoms with Crippen LogP contribution in [0, 0.1) is 11.6 Å². The molecule has 0 fully saturated rings. The van der Waals surface area contributed by atoms with Crippen LogP contribution in [0.25, 0.3) is 10.1 Å². The number of benzene rings is 2. The summed E-state index contributed by atoms with van der Waals surface area (Å²) in [5.41, 5.74) is -0.0908. The largest absolute Gasteiger partial charge is 0.462 e. The van der Waals surface area contributed by atoms with Crippen LogP contribution in [0.15, 0.2) is 42.5 Å². The monoisotopic (exact) mass is 361 g/mol. The molecular formula is C18H13F2NO3S. The van der Waals surface area contributed by atoms with Crippen molar-refractivity contribution >= 4 is 38.3 Å². The fourth-order valence-electron chi connectivity index (χ4n) is 2.38. The number of nitrogens with one attached hydrogen (secondary N) is 1. The number of hydrogen-bond acceptors (Lipinski definition) is 4. The molecule has 1 heterocycles. The van der Waals surface area contributed by atoms with Gasteiger partial charge in [-0.25, -0.2) is 13.6 Å². The van der Waals surface area contributed by atoms with Crippen molar-refractivity contribution in [3.05, 3.63) is 65.2 Å². The molecule has 0 saturated heterocycles. The first kappa shape index (κ1) is 17.0. The van der Waals surface area contributed by atoms with Gasteiger partial charge in [0, 0.05) is 16.2 Å². The highest BCUT2D eigenvalue weighted by atomic mass is 32.1. The van der Waals surface area contributed by atoms with Crippen LogP contribution in [-0.4, -0.2) is 18.5 Å². The molecule has 0 unspecified atom stereocenters. The second-order valence-corrected chi connectivity index (χ2v) is 6.15. The number of hydrogen-bond donors (Lipinski definition) is 1. The van der Waals surface area contributed by atoms with Gasteiger partial charge in [0.1, 0.15) is 22.2 Å². The molecule has 0 saturated carbocycles. The smallest absolute Gasteiger partial charge is 0.341 e. The fraction of sp³-hybridized carbons (Fsp3) is 0.111. The molecule has 0 atom stereocenters. The molecule has 0 aliphatic heterocycles. The van der Waals surface area contributed by atoms with Crippen molar-refractivity contribution in [1.82, 2.24) is 0 Å².